The van der Waals surface area contributed by atoms with E-state index in [0.29, 0.717) is 17.8 Å². The maximum atomic E-state index is 12.2. The van der Waals surface area contributed by atoms with Gasteiger partial charge in [0.25, 0.3) is 5.91 Å². The molecule has 0 saturated heterocycles. The zero-order chi connectivity index (χ0) is 14.5. The molecular weight excluding hydrogens is 318 g/mol. The van der Waals surface area contributed by atoms with Crippen LogP contribution >= 0.6 is 15.9 Å². The number of aryl methyl sites for hydroxylation is 1. The zero-order valence-corrected chi connectivity index (χ0v) is 12.7. The Morgan fingerprint density at radius 2 is 1.90 bits per heavy atom. The molecule has 0 bridgehead atoms. The predicted molar refractivity (Wildman–Crippen MR) is 84.3 cm³/mol. The highest BCUT2D eigenvalue weighted by atomic mass is 79.9. The van der Waals surface area contributed by atoms with Gasteiger partial charge in [0.05, 0.1) is 11.3 Å². The number of benzene rings is 2. The van der Waals surface area contributed by atoms with Crippen molar-refractivity contribution >= 4 is 27.5 Å². The van der Waals surface area contributed by atoms with Crippen LogP contribution in [0.4, 0.5) is 5.69 Å². The third kappa shape index (κ3) is 3.59. The average Bonchev–Trinajstić information content (AvgIpc) is 2.46. The summed E-state index contributed by atoms with van der Waals surface area (Å²) in [7, 11) is 0. The zero-order valence-electron chi connectivity index (χ0n) is 11.1. The number of rotatable bonds is 4. The van der Waals surface area contributed by atoms with Crippen LogP contribution in [0.15, 0.2) is 46.9 Å². The van der Waals surface area contributed by atoms with Crippen LogP contribution in [0, 0.1) is 6.92 Å². The number of halogens is 1. The molecule has 4 nitrogen and oxygen atoms in total. The molecule has 2 aromatic carbocycles. The first kappa shape index (κ1) is 14.6. The summed E-state index contributed by atoms with van der Waals surface area (Å²) in [5, 5.41) is 2.88. The van der Waals surface area contributed by atoms with E-state index in [2.05, 4.69) is 26.7 Å². The van der Waals surface area contributed by atoms with Gasteiger partial charge in [0, 0.05) is 11.0 Å². The number of nitrogen functional groups attached to an aromatic ring is 1. The normalized spacial score (nSPS) is 10.2. The highest BCUT2D eigenvalue weighted by molar-refractivity contribution is 9.10. The van der Waals surface area contributed by atoms with Crippen LogP contribution in [-0.2, 0) is 6.54 Å². The molecule has 1 amide bonds. The molecule has 5 heteroatoms. The van der Waals surface area contributed by atoms with Gasteiger partial charge in [-0.25, -0.2) is 0 Å². The fourth-order valence-corrected chi connectivity index (χ4v) is 2.12. The first-order chi connectivity index (χ1) is 9.60. The van der Waals surface area contributed by atoms with E-state index in [4.69, 9.17) is 5.84 Å². The third-order valence-electron chi connectivity index (χ3n) is 2.94. The van der Waals surface area contributed by atoms with E-state index in [1.54, 1.807) is 6.07 Å². The van der Waals surface area contributed by atoms with Gasteiger partial charge in [-0.1, -0.05) is 34.1 Å². The Bertz CT molecular complexity index is 611. The molecule has 4 N–H and O–H groups in total. The summed E-state index contributed by atoms with van der Waals surface area (Å²) in [5.41, 5.74) is 5.80. The van der Waals surface area contributed by atoms with Crippen LogP contribution in [0.2, 0.25) is 0 Å². The van der Waals surface area contributed by atoms with Gasteiger partial charge in [-0.15, -0.1) is 0 Å². The Morgan fingerprint density at radius 3 is 2.55 bits per heavy atom. The molecule has 0 aliphatic carbocycles. The Kier molecular flexibility index (Phi) is 4.76. The van der Waals surface area contributed by atoms with E-state index < -0.39 is 0 Å². The monoisotopic (exact) mass is 333 g/mol. The van der Waals surface area contributed by atoms with Crippen molar-refractivity contribution in [1.82, 2.24) is 5.32 Å². The van der Waals surface area contributed by atoms with Crippen molar-refractivity contribution in [3.8, 4) is 0 Å². The van der Waals surface area contributed by atoms with E-state index in [0.717, 1.165) is 15.6 Å². The second kappa shape index (κ2) is 6.54. The molecule has 0 aromatic heterocycles. The van der Waals surface area contributed by atoms with E-state index in [9.17, 15) is 4.79 Å². The van der Waals surface area contributed by atoms with Crippen molar-refractivity contribution in [2.75, 3.05) is 5.43 Å². The van der Waals surface area contributed by atoms with Gasteiger partial charge in [-0.05, 0) is 42.3 Å². The molecule has 0 aliphatic heterocycles. The molecule has 0 heterocycles. The van der Waals surface area contributed by atoms with Crippen molar-refractivity contribution in [3.05, 3.63) is 63.6 Å². The highest BCUT2D eigenvalue weighted by Gasteiger charge is 2.10. The van der Waals surface area contributed by atoms with Crippen molar-refractivity contribution in [2.24, 2.45) is 5.84 Å². The summed E-state index contributed by atoms with van der Waals surface area (Å²) in [4.78, 5) is 12.2. The van der Waals surface area contributed by atoms with Crippen molar-refractivity contribution in [2.45, 2.75) is 13.5 Å². The molecule has 0 atom stereocenters. The molecule has 0 unspecified atom stereocenters. The van der Waals surface area contributed by atoms with Gasteiger partial charge in [-0.3, -0.25) is 10.6 Å². The van der Waals surface area contributed by atoms with Crippen LogP contribution in [0.3, 0.4) is 0 Å². The molecule has 0 saturated carbocycles. The number of carbonyl (C=O) groups is 1. The maximum Gasteiger partial charge on any atom is 0.253 e. The Labute approximate surface area is 126 Å². The van der Waals surface area contributed by atoms with E-state index >= 15 is 0 Å². The van der Waals surface area contributed by atoms with E-state index in [-0.39, 0.29) is 5.91 Å². The minimum absolute atomic E-state index is 0.152. The predicted octanol–water partition coefficient (Wildman–Crippen LogP) is 2.97. The number of carbonyl (C=O) groups excluding carboxylic acids is 1. The van der Waals surface area contributed by atoms with Gasteiger partial charge in [0.2, 0.25) is 0 Å². The number of anilines is 1. The quantitative estimate of drug-likeness (QED) is 0.595. The lowest BCUT2D eigenvalue weighted by atomic mass is 10.1. The summed E-state index contributed by atoms with van der Waals surface area (Å²) in [6.07, 6.45) is 0. The number of amides is 1. The standard InChI is InChI=1S/C15H16BrN3O/c1-10-2-7-13(14(8-10)19-17)15(20)18-9-11-3-5-12(16)6-4-11/h2-8,19H,9,17H2,1H3,(H,18,20). The largest absolute Gasteiger partial charge is 0.348 e. The number of hydrogen-bond acceptors (Lipinski definition) is 3. The van der Waals surface area contributed by atoms with Gasteiger partial charge in [-0.2, -0.15) is 0 Å². The van der Waals surface area contributed by atoms with Crippen LogP contribution in [0.5, 0.6) is 0 Å². The number of hydrogen-bond donors (Lipinski definition) is 3. The lowest BCUT2D eigenvalue weighted by molar-refractivity contribution is 0.0951. The summed E-state index contributed by atoms with van der Waals surface area (Å²) in [5.74, 6) is 5.29. The number of nitrogens with two attached hydrogens (primary N) is 1. The molecule has 0 aliphatic rings. The average molecular weight is 334 g/mol. The maximum absolute atomic E-state index is 12.2. The van der Waals surface area contributed by atoms with Gasteiger partial charge >= 0.3 is 0 Å². The van der Waals surface area contributed by atoms with Crippen LogP contribution in [-0.4, -0.2) is 5.91 Å². The molecule has 0 fully saturated rings. The van der Waals surface area contributed by atoms with Gasteiger partial charge in [0.1, 0.15) is 0 Å². The Morgan fingerprint density at radius 1 is 1.20 bits per heavy atom. The van der Waals surface area contributed by atoms with Crippen molar-refractivity contribution < 1.29 is 4.79 Å². The highest BCUT2D eigenvalue weighted by Crippen LogP contribution is 2.16. The first-order valence-electron chi connectivity index (χ1n) is 6.20. The second-order valence-electron chi connectivity index (χ2n) is 4.50. The molecule has 2 aromatic rings. The van der Waals surface area contributed by atoms with Crippen LogP contribution < -0.4 is 16.6 Å². The minimum Gasteiger partial charge on any atom is -0.348 e. The van der Waals surface area contributed by atoms with E-state index in [1.165, 1.54) is 0 Å². The third-order valence-corrected chi connectivity index (χ3v) is 3.47. The SMILES string of the molecule is Cc1ccc(C(=O)NCc2ccc(Br)cc2)c(NN)c1. The fraction of sp³-hybridized carbons (Fsp3) is 0.133. The molecular formula is C15H16BrN3O. The van der Waals surface area contributed by atoms with Gasteiger partial charge in [0.15, 0.2) is 0 Å². The number of hydrazine groups is 1. The molecule has 2 rings (SSSR count). The topological polar surface area (TPSA) is 67.2 Å². The summed E-state index contributed by atoms with van der Waals surface area (Å²) < 4.78 is 1.01. The van der Waals surface area contributed by atoms with Crippen molar-refractivity contribution in [3.63, 3.8) is 0 Å². The molecule has 104 valence electrons. The number of nitrogens with one attached hydrogen (secondary N) is 2. The lowest BCUT2D eigenvalue weighted by Gasteiger charge is -2.10. The van der Waals surface area contributed by atoms with E-state index in [1.807, 2.05) is 43.3 Å². The first-order valence-corrected chi connectivity index (χ1v) is 6.99. The Balaban J connectivity index is 2.07. The van der Waals surface area contributed by atoms with Gasteiger partial charge < -0.3 is 10.7 Å². The molecule has 0 spiro atoms. The summed E-state index contributed by atoms with van der Waals surface area (Å²) in [6.45, 7) is 2.42. The summed E-state index contributed by atoms with van der Waals surface area (Å²) in [6, 6.07) is 13.3. The summed E-state index contributed by atoms with van der Waals surface area (Å²) >= 11 is 3.38. The molecule has 0 radical (unpaired) electrons. The molecule has 20 heavy (non-hydrogen) atoms. The van der Waals surface area contributed by atoms with Crippen molar-refractivity contribution in [1.29, 1.82) is 0 Å². The van der Waals surface area contributed by atoms with Crippen LogP contribution in [0.1, 0.15) is 21.5 Å². The Hall–Kier alpha value is -1.85. The van der Waals surface area contributed by atoms with Crippen LogP contribution in [0.25, 0.3) is 0 Å². The second-order valence-corrected chi connectivity index (χ2v) is 5.42. The lowest BCUT2D eigenvalue weighted by Crippen LogP contribution is -2.24. The smallest absolute Gasteiger partial charge is 0.253 e. The fourth-order valence-electron chi connectivity index (χ4n) is 1.86. The minimum atomic E-state index is -0.152.